The number of rotatable bonds is 9. The van der Waals surface area contributed by atoms with Crippen LogP contribution in [0.15, 0.2) is 0 Å². The lowest BCUT2D eigenvalue weighted by atomic mass is 10.5. The molecule has 7 nitrogen and oxygen atoms in total. The van der Waals surface area contributed by atoms with Gasteiger partial charge >= 0.3 is 5.97 Å². The van der Waals surface area contributed by atoms with Gasteiger partial charge in [-0.3, -0.25) is 10.0 Å². The minimum absolute atomic E-state index is 0.192. The van der Waals surface area contributed by atoms with Crippen molar-refractivity contribution in [1.29, 1.82) is 0 Å². The molecule has 0 bridgehead atoms. The molecule has 16 heavy (non-hydrogen) atoms. The highest BCUT2D eigenvalue weighted by atomic mass is 31.2. The zero-order valence-corrected chi connectivity index (χ0v) is 10.6. The minimum atomic E-state index is -2.18. The molecule has 0 aliphatic heterocycles. The zero-order valence-electron chi connectivity index (χ0n) is 9.75. The number of aliphatic hydroxyl groups is 1. The number of hydrogen-bond acceptors (Lipinski definition) is 7. The summed E-state index contributed by atoms with van der Waals surface area (Å²) in [4.78, 5) is 8.97. The van der Waals surface area contributed by atoms with Crippen molar-refractivity contribution >= 4 is 8.53 Å². The molecule has 0 aliphatic rings. The number of hydrogen-bond donors (Lipinski definition) is 3. The standard InChI is InChI=1S/C8H20NO6P/c1-4-12-7(15-16(9)11)8(10,13-5-2)14-6-3/h7,10-11H,4-6,9H2,1-3H3. The Morgan fingerprint density at radius 3 is 2.00 bits per heavy atom. The zero-order chi connectivity index (χ0) is 12.6. The van der Waals surface area contributed by atoms with Crippen LogP contribution in [-0.4, -0.2) is 42.1 Å². The molecule has 2 atom stereocenters. The molecule has 2 unspecified atom stereocenters. The van der Waals surface area contributed by atoms with Gasteiger partial charge in [0.2, 0.25) is 6.29 Å². The Labute approximate surface area is 96.4 Å². The van der Waals surface area contributed by atoms with Crippen LogP contribution in [0.2, 0.25) is 0 Å². The first-order chi connectivity index (χ1) is 7.50. The molecule has 0 rings (SSSR count). The van der Waals surface area contributed by atoms with Crippen molar-refractivity contribution < 1.29 is 28.7 Å². The molecule has 0 spiro atoms. The summed E-state index contributed by atoms with van der Waals surface area (Å²) < 4.78 is 19.9. The Bertz CT molecular complexity index is 176. The Kier molecular flexibility index (Phi) is 8.35. The highest BCUT2D eigenvalue weighted by molar-refractivity contribution is 7.43. The third-order valence-electron chi connectivity index (χ3n) is 1.52. The van der Waals surface area contributed by atoms with Gasteiger partial charge in [0.1, 0.15) is 0 Å². The van der Waals surface area contributed by atoms with E-state index < -0.39 is 20.8 Å². The second kappa shape index (κ2) is 8.27. The van der Waals surface area contributed by atoms with Crippen LogP contribution < -0.4 is 5.50 Å². The molecular weight excluding hydrogens is 237 g/mol. The van der Waals surface area contributed by atoms with Gasteiger partial charge in [-0.05, 0) is 20.8 Å². The van der Waals surface area contributed by atoms with E-state index in [1.165, 1.54) is 0 Å². The third-order valence-corrected chi connectivity index (χ3v) is 1.93. The number of nitrogens with two attached hydrogens (primary N) is 1. The van der Waals surface area contributed by atoms with Crippen molar-refractivity contribution in [2.75, 3.05) is 19.8 Å². The Balaban J connectivity index is 4.62. The smallest absolute Gasteiger partial charge is 0.335 e. The summed E-state index contributed by atoms with van der Waals surface area (Å²) in [5, 5.41) is 10.0. The van der Waals surface area contributed by atoms with Gasteiger partial charge in [-0.25, -0.2) is 0 Å². The van der Waals surface area contributed by atoms with Crippen LogP contribution in [0.25, 0.3) is 0 Å². The maximum Gasteiger partial charge on any atom is 0.335 e. The van der Waals surface area contributed by atoms with Crippen LogP contribution >= 0.6 is 8.53 Å². The fraction of sp³-hybridized carbons (Fsp3) is 1.00. The molecular formula is C8H20NO6P. The topological polar surface area (TPSA) is 103 Å². The van der Waals surface area contributed by atoms with Crippen LogP contribution in [0.3, 0.4) is 0 Å². The normalized spacial score (nSPS) is 16.1. The lowest BCUT2D eigenvalue weighted by Crippen LogP contribution is -2.50. The van der Waals surface area contributed by atoms with Crippen molar-refractivity contribution in [3.05, 3.63) is 0 Å². The van der Waals surface area contributed by atoms with Gasteiger partial charge in [-0.2, -0.15) is 0 Å². The summed E-state index contributed by atoms with van der Waals surface area (Å²) in [6.45, 7) is 5.68. The first-order valence-electron chi connectivity index (χ1n) is 5.02. The van der Waals surface area contributed by atoms with E-state index >= 15 is 0 Å². The van der Waals surface area contributed by atoms with Crippen molar-refractivity contribution in [3.63, 3.8) is 0 Å². The molecule has 0 aromatic heterocycles. The quantitative estimate of drug-likeness (QED) is 0.402. The van der Waals surface area contributed by atoms with E-state index in [2.05, 4.69) is 0 Å². The Hall–Kier alpha value is 0.150. The summed E-state index contributed by atoms with van der Waals surface area (Å²) in [7, 11) is -2.18. The molecule has 0 aromatic carbocycles. The molecule has 0 amide bonds. The lowest BCUT2D eigenvalue weighted by molar-refractivity contribution is -0.428. The van der Waals surface area contributed by atoms with E-state index in [9.17, 15) is 5.11 Å². The van der Waals surface area contributed by atoms with E-state index in [1.54, 1.807) is 20.8 Å². The summed E-state index contributed by atoms with van der Waals surface area (Å²) in [6, 6.07) is 0. The summed E-state index contributed by atoms with van der Waals surface area (Å²) in [6.07, 6.45) is -1.29. The van der Waals surface area contributed by atoms with E-state index in [-0.39, 0.29) is 19.8 Å². The third kappa shape index (κ3) is 5.47. The van der Waals surface area contributed by atoms with Crippen LogP contribution in [0.1, 0.15) is 20.8 Å². The van der Waals surface area contributed by atoms with Crippen molar-refractivity contribution in [1.82, 2.24) is 0 Å². The van der Waals surface area contributed by atoms with Crippen LogP contribution in [0, 0.1) is 0 Å². The fourth-order valence-corrected chi connectivity index (χ4v) is 1.43. The van der Waals surface area contributed by atoms with Gasteiger partial charge in [-0.1, -0.05) is 0 Å². The van der Waals surface area contributed by atoms with E-state index in [0.29, 0.717) is 0 Å². The summed E-state index contributed by atoms with van der Waals surface area (Å²) in [5.74, 6) is -2.07. The van der Waals surface area contributed by atoms with Gasteiger partial charge in [-0.15, -0.1) is 0 Å². The van der Waals surface area contributed by atoms with Gasteiger partial charge in [0.15, 0.2) is 0 Å². The van der Waals surface area contributed by atoms with Crippen LogP contribution in [-0.2, 0) is 18.7 Å². The van der Waals surface area contributed by atoms with E-state index in [0.717, 1.165) is 0 Å². The molecule has 0 fully saturated rings. The fourth-order valence-electron chi connectivity index (χ4n) is 1.04. The maximum atomic E-state index is 10.0. The van der Waals surface area contributed by atoms with Gasteiger partial charge in [0, 0.05) is 19.8 Å². The molecule has 0 aliphatic carbocycles. The summed E-state index contributed by atoms with van der Waals surface area (Å²) >= 11 is 0. The van der Waals surface area contributed by atoms with Gasteiger partial charge in [0.25, 0.3) is 8.53 Å². The second-order valence-electron chi connectivity index (χ2n) is 2.69. The average molecular weight is 257 g/mol. The van der Waals surface area contributed by atoms with E-state index in [1.807, 2.05) is 0 Å². The second-order valence-corrected chi connectivity index (χ2v) is 3.51. The molecule has 0 saturated carbocycles. The van der Waals surface area contributed by atoms with Crippen molar-refractivity contribution in [3.8, 4) is 0 Å². The maximum absolute atomic E-state index is 10.0. The van der Waals surface area contributed by atoms with E-state index in [4.69, 9.17) is 29.1 Å². The number of ether oxygens (including phenoxy) is 3. The van der Waals surface area contributed by atoms with Crippen molar-refractivity contribution in [2.45, 2.75) is 33.0 Å². The first-order valence-corrected chi connectivity index (χ1v) is 6.30. The van der Waals surface area contributed by atoms with Crippen LogP contribution in [0.5, 0.6) is 0 Å². The molecule has 0 radical (unpaired) electrons. The molecule has 0 heterocycles. The monoisotopic (exact) mass is 257 g/mol. The molecule has 0 saturated heterocycles. The predicted octanol–water partition coefficient (Wildman–Crippen LogP) is 0.263. The van der Waals surface area contributed by atoms with Crippen molar-refractivity contribution in [2.24, 2.45) is 5.50 Å². The molecule has 8 heteroatoms. The Morgan fingerprint density at radius 1 is 1.19 bits per heavy atom. The van der Waals surface area contributed by atoms with Gasteiger partial charge < -0.3 is 24.2 Å². The largest absolute Gasteiger partial charge is 0.346 e. The van der Waals surface area contributed by atoms with Gasteiger partial charge in [0.05, 0.1) is 0 Å². The molecule has 4 N–H and O–H groups in total. The lowest BCUT2D eigenvalue weighted by Gasteiger charge is -2.33. The Morgan fingerprint density at radius 2 is 1.69 bits per heavy atom. The SMILES string of the molecule is CCOC(OP(N)O)C(O)(OCC)OCC. The average Bonchev–Trinajstić information content (AvgIpc) is 2.17. The highest BCUT2D eigenvalue weighted by Gasteiger charge is 2.42. The first kappa shape index (κ1) is 16.1. The minimum Gasteiger partial charge on any atom is -0.346 e. The van der Waals surface area contributed by atoms with Crippen LogP contribution in [0.4, 0.5) is 0 Å². The molecule has 98 valence electrons. The predicted molar refractivity (Wildman–Crippen MR) is 58.0 cm³/mol. The molecule has 0 aromatic rings. The summed E-state index contributed by atoms with van der Waals surface area (Å²) in [5.41, 5.74) is 5.11. The highest BCUT2D eigenvalue weighted by Crippen LogP contribution is 2.30.